The lowest BCUT2D eigenvalue weighted by atomic mass is 10.1. The molecule has 0 atom stereocenters. The number of methoxy groups -OCH3 is 1. The highest BCUT2D eigenvalue weighted by molar-refractivity contribution is 5.82. The maximum absolute atomic E-state index is 10.9. The standard InChI is InChI=1S/C13H13NO3/c1-8-6-10(4-5-11(8)16-3)13-12(7-15)17-9(2)14-13/h4-7H,1-3H3. The zero-order valence-corrected chi connectivity index (χ0v) is 9.98. The molecule has 17 heavy (non-hydrogen) atoms. The SMILES string of the molecule is COc1ccc(-c2nc(C)oc2C=O)cc1C. The summed E-state index contributed by atoms with van der Waals surface area (Å²) in [5.74, 6) is 1.55. The molecule has 0 bridgehead atoms. The van der Waals surface area contributed by atoms with Crippen molar-refractivity contribution < 1.29 is 13.9 Å². The van der Waals surface area contributed by atoms with Crippen LogP contribution < -0.4 is 4.74 Å². The number of ether oxygens (including phenoxy) is 1. The van der Waals surface area contributed by atoms with E-state index < -0.39 is 0 Å². The van der Waals surface area contributed by atoms with Crippen LogP contribution in [0.3, 0.4) is 0 Å². The molecule has 1 heterocycles. The van der Waals surface area contributed by atoms with E-state index in [-0.39, 0.29) is 5.76 Å². The van der Waals surface area contributed by atoms with Gasteiger partial charge in [0.25, 0.3) is 0 Å². The summed E-state index contributed by atoms with van der Waals surface area (Å²) in [7, 11) is 1.62. The van der Waals surface area contributed by atoms with Gasteiger partial charge in [-0.05, 0) is 30.7 Å². The molecular weight excluding hydrogens is 218 g/mol. The molecule has 1 aromatic carbocycles. The Kier molecular flexibility index (Phi) is 2.95. The molecule has 0 spiro atoms. The summed E-state index contributed by atoms with van der Waals surface area (Å²) in [5.41, 5.74) is 2.41. The lowest BCUT2D eigenvalue weighted by molar-refractivity contribution is 0.110. The predicted octanol–water partition coefficient (Wildman–Crippen LogP) is 2.78. The van der Waals surface area contributed by atoms with E-state index in [4.69, 9.17) is 9.15 Å². The smallest absolute Gasteiger partial charge is 0.195 e. The summed E-state index contributed by atoms with van der Waals surface area (Å²) in [6.07, 6.45) is 0.675. The number of aryl methyl sites for hydroxylation is 2. The summed E-state index contributed by atoms with van der Waals surface area (Å²) in [6.45, 7) is 3.66. The second kappa shape index (κ2) is 4.41. The molecular formula is C13H13NO3. The number of hydrogen-bond donors (Lipinski definition) is 0. The predicted molar refractivity (Wildman–Crippen MR) is 63.4 cm³/mol. The fraction of sp³-hybridized carbons (Fsp3) is 0.231. The molecule has 0 aliphatic rings. The topological polar surface area (TPSA) is 52.3 Å². The van der Waals surface area contributed by atoms with Gasteiger partial charge in [0.05, 0.1) is 7.11 Å². The van der Waals surface area contributed by atoms with Crippen LogP contribution in [0.4, 0.5) is 0 Å². The van der Waals surface area contributed by atoms with E-state index in [1.807, 2.05) is 25.1 Å². The van der Waals surface area contributed by atoms with Crippen LogP contribution in [0.25, 0.3) is 11.3 Å². The Hall–Kier alpha value is -2.10. The lowest BCUT2D eigenvalue weighted by Gasteiger charge is -2.05. The first kappa shape index (κ1) is 11.4. The Morgan fingerprint density at radius 1 is 1.35 bits per heavy atom. The average molecular weight is 231 g/mol. The Morgan fingerprint density at radius 3 is 2.71 bits per heavy atom. The van der Waals surface area contributed by atoms with Gasteiger partial charge >= 0.3 is 0 Å². The van der Waals surface area contributed by atoms with Crippen molar-refractivity contribution in [3.63, 3.8) is 0 Å². The molecule has 0 fully saturated rings. The van der Waals surface area contributed by atoms with Crippen molar-refractivity contribution in [1.29, 1.82) is 0 Å². The van der Waals surface area contributed by atoms with Gasteiger partial charge in [-0.2, -0.15) is 0 Å². The Bertz CT molecular complexity index is 558. The van der Waals surface area contributed by atoms with Gasteiger partial charge in [-0.25, -0.2) is 4.98 Å². The van der Waals surface area contributed by atoms with Crippen LogP contribution >= 0.6 is 0 Å². The van der Waals surface area contributed by atoms with E-state index >= 15 is 0 Å². The number of oxazole rings is 1. The van der Waals surface area contributed by atoms with E-state index in [0.717, 1.165) is 16.9 Å². The minimum Gasteiger partial charge on any atom is -0.496 e. The first-order valence-electron chi connectivity index (χ1n) is 5.23. The molecule has 0 saturated carbocycles. The summed E-state index contributed by atoms with van der Waals surface area (Å²) < 4.78 is 10.4. The van der Waals surface area contributed by atoms with Gasteiger partial charge in [0, 0.05) is 12.5 Å². The van der Waals surface area contributed by atoms with E-state index in [1.54, 1.807) is 14.0 Å². The van der Waals surface area contributed by atoms with E-state index in [2.05, 4.69) is 4.98 Å². The van der Waals surface area contributed by atoms with Gasteiger partial charge < -0.3 is 9.15 Å². The molecule has 0 radical (unpaired) electrons. The van der Waals surface area contributed by atoms with Crippen molar-refractivity contribution in [1.82, 2.24) is 4.98 Å². The van der Waals surface area contributed by atoms with E-state index in [1.165, 1.54) is 0 Å². The third-order valence-corrected chi connectivity index (χ3v) is 2.54. The van der Waals surface area contributed by atoms with Crippen LogP contribution in [0.5, 0.6) is 5.75 Å². The van der Waals surface area contributed by atoms with Crippen molar-refractivity contribution in [3.8, 4) is 17.0 Å². The highest BCUT2D eigenvalue weighted by Gasteiger charge is 2.13. The van der Waals surface area contributed by atoms with Gasteiger partial charge in [-0.3, -0.25) is 4.79 Å². The molecule has 0 unspecified atom stereocenters. The summed E-state index contributed by atoms with van der Waals surface area (Å²) in [5, 5.41) is 0. The van der Waals surface area contributed by atoms with Gasteiger partial charge in [-0.1, -0.05) is 0 Å². The second-order valence-corrected chi connectivity index (χ2v) is 3.75. The van der Waals surface area contributed by atoms with Gasteiger partial charge in [-0.15, -0.1) is 0 Å². The summed E-state index contributed by atoms with van der Waals surface area (Å²) >= 11 is 0. The third-order valence-electron chi connectivity index (χ3n) is 2.54. The lowest BCUT2D eigenvalue weighted by Crippen LogP contribution is -1.89. The van der Waals surface area contributed by atoms with Crippen LogP contribution in [-0.4, -0.2) is 18.4 Å². The van der Waals surface area contributed by atoms with Crippen LogP contribution in [-0.2, 0) is 0 Å². The largest absolute Gasteiger partial charge is 0.496 e. The minimum atomic E-state index is 0.257. The summed E-state index contributed by atoms with van der Waals surface area (Å²) in [4.78, 5) is 15.1. The molecule has 4 nitrogen and oxygen atoms in total. The minimum absolute atomic E-state index is 0.257. The van der Waals surface area contributed by atoms with E-state index in [9.17, 15) is 4.79 Å². The van der Waals surface area contributed by atoms with Crippen molar-refractivity contribution in [2.45, 2.75) is 13.8 Å². The number of hydrogen-bond acceptors (Lipinski definition) is 4. The molecule has 2 rings (SSSR count). The number of carbonyl (C=O) groups excluding carboxylic acids is 1. The van der Waals surface area contributed by atoms with E-state index in [0.29, 0.717) is 17.9 Å². The van der Waals surface area contributed by atoms with Crippen LogP contribution in [0, 0.1) is 13.8 Å². The second-order valence-electron chi connectivity index (χ2n) is 3.75. The fourth-order valence-corrected chi connectivity index (χ4v) is 1.76. The van der Waals surface area contributed by atoms with Crippen molar-refractivity contribution in [3.05, 3.63) is 35.4 Å². The van der Waals surface area contributed by atoms with Crippen LogP contribution in [0.2, 0.25) is 0 Å². The third kappa shape index (κ3) is 2.06. The molecule has 0 aliphatic carbocycles. The Balaban J connectivity index is 2.52. The quantitative estimate of drug-likeness (QED) is 0.762. The Morgan fingerprint density at radius 2 is 2.12 bits per heavy atom. The molecule has 0 aliphatic heterocycles. The number of benzene rings is 1. The highest BCUT2D eigenvalue weighted by atomic mass is 16.5. The zero-order chi connectivity index (χ0) is 12.4. The first-order valence-corrected chi connectivity index (χ1v) is 5.23. The maximum Gasteiger partial charge on any atom is 0.195 e. The molecule has 88 valence electrons. The molecule has 1 aromatic heterocycles. The molecule has 2 aromatic rings. The van der Waals surface area contributed by atoms with Gasteiger partial charge in [0.2, 0.25) is 0 Å². The van der Waals surface area contributed by atoms with Crippen molar-refractivity contribution >= 4 is 6.29 Å². The van der Waals surface area contributed by atoms with Crippen molar-refractivity contribution in [2.75, 3.05) is 7.11 Å². The Labute approximate surface area is 99.2 Å². The molecule has 4 heteroatoms. The fourth-order valence-electron chi connectivity index (χ4n) is 1.76. The zero-order valence-electron chi connectivity index (χ0n) is 9.98. The normalized spacial score (nSPS) is 10.3. The number of rotatable bonds is 3. The number of aromatic nitrogens is 1. The summed E-state index contributed by atoms with van der Waals surface area (Å²) in [6, 6.07) is 5.63. The van der Waals surface area contributed by atoms with Crippen LogP contribution in [0.15, 0.2) is 22.6 Å². The van der Waals surface area contributed by atoms with Gasteiger partial charge in [0.1, 0.15) is 11.4 Å². The number of carbonyl (C=O) groups is 1. The molecule has 0 N–H and O–H groups in total. The van der Waals surface area contributed by atoms with Crippen molar-refractivity contribution in [2.24, 2.45) is 0 Å². The maximum atomic E-state index is 10.9. The average Bonchev–Trinajstić information content (AvgIpc) is 2.70. The first-order chi connectivity index (χ1) is 8.15. The molecule has 0 amide bonds. The monoisotopic (exact) mass is 231 g/mol. The number of nitrogens with zero attached hydrogens (tertiary/aromatic N) is 1. The molecule has 0 saturated heterocycles. The number of aldehydes is 1. The van der Waals surface area contributed by atoms with Crippen LogP contribution in [0.1, 0.15) is 22.0 Å². The highest BCUT2D eigenvalue weighted by Crippen LogP contribution is 2.27. The van der Waals surface area contributed by atoms with Gasteiger partial charge in [0.15, 0.2) is 17.9 Å².